The minimum absolute atomic E-state index is 0.254. The van der Waals surface area contributed by atoms with E-state index in [9.17, 15) is 4.79 Å². The Balaban J connectivity index is 1.95. The maximum atomic E-state index is 12.9. The van der Waals surface area contributed by atoms with Crippen molar-refractivity contribution < 1.29 is 9.53 Å². The average molecular weight is 382 g/mol. The lowest BCUT2D eigenvalue weighted by Gasteiger charge is -2.20. The largest absolute Gasteiger partial charge is 0.461 e. The molecule has 3 aromatic rings. The van der Waals surface area contributed by atoms with E-state index in [0.717, 1.165) is 0 Å². The fourth-order valence-corrected chi connectivity index (χ4v) is 2.68. The Kier molecular flexibility index (Phi) is 5.09. The first-order valence-corrected chi connectivity index (χ1v) is 8.07. The predicted molar refractivity (Wildman–Crippen MR) is 94.1 cm³/mol. The van der Waals surface area contributed by atoms with Crippen LogP contribution in [0, 0.1) is 0 Å². The lowest BCUT2D eigenvalue weighted by Crippen LogP contribution is -2.24. The molecule has 0 amide bonds. The van der Waals surface area contributed by atoms with Crippen molar-refractivity contribution in [1.82, 2.24) is 9.55 Å². The molecule has 0 spiro atoms. The number of nitrogens with zero attached hydrogens (tertiary/aromatic N) is 2. The number of Topliss-reactive ketones (excluding diaryl/α,β-unsaturated/α-hetero) is 1. The molecule has 3 rings (SSSR count). The topological polar surface area (TPSA) is 44.1 Å². The molecule has 0 radical (unpaired) electrons. The molecule has 4 nitrogen and oxygen atoms in total. The first-order valence-electron chi connectivity index (χ1n) is 6.93. The van der Waals surface area contributed by atoms with E-state index in [1.165, 1.54) is 6.33 Å². The van der Waals surface area contributed by atoms with E-state index in [0.29, 0.717) is 26.4 Å². The number of rotatable bonds is 5. The highest BCUT2D eigenvalue weighted by Gasteiger charge is 2.24. The van der Waals surface area contributed by atoms with E-state index in [2.05, 4.69) is 4.98 Å². The van der Waals surface area contributed by atoms with Crippen molar-refractivity contribution >= 4 is 40.6 Å². The fraction of sp³-hybridized carbons (Fsp3) is 0.0588. The molecule has 1 atom stereocenters. The predicted octanol–water partition coefficient (Wildman–Crippen LogP) is 5.30. The third kappa shape index (κ3) is 3.73. The summed E-state index contributed by atoms with van der Waals surface area (Å²) in [5.41, 5.74) is 0.461. The number of aromatic nitrogens is 2. The molecule has 0 bridgehead atoms. The average Bonchev–Trinajstić information content (AvgIpc) is 3.08. The van der Waals surface area contributed by atoms with Gasteiger partial charge in [-0.25, -0.2) is 4.98 Å². The standard InChI is InChI=1S/C17H11Cl3N2O2/c18-12-3-1-11(2-4-12)16(23)17(22-8-7-21-10-22)24-15-6-5-13(19)9-14(15)20/h1-10,17H. The lowest BCUT2D eigenvalue weighted by atomic mass is 10.1. The van der Waals surface area contributed by atoms with E-state index in [1.54, 1.807) is 59.4 Å². The molecule has 1 aromatic heterocycles. The van der Waals surface area contributed by atoms with Crippen molar-refractivity contribution in [3.8, 4) is 5.75 Å². The van der Waals surface area contributed by atoms with Crippen molar-refractivity contribution in [2.24, 2.45) is 0 Å². The zero-order chi connectivity index (χ0) is 17.1. The van der Waals surface area contributed by atoms with Crippen LogP contribution < -0.4 is 4.74 Å². The molecule has 1 heterocycles. The number of halogens is 3. The fourth-order valence-electron chi connectivity index (χ4n) is 2.11. The Morgan fingerprint density at radius 2 is 1.75 bits per heavy atom. The highest BCUT2D eigenvalue weighted by Crippen LogP contribution is 2.31. The van der Waals surface area contributed by atoms with Crippen LogP contribution in [0.3, 0.4) is 0 Å². The summed E-state index contributed by atoms with van der Waals surface area (Å²) < 4.78 is 7.40. The molecule has 0 aliphatic carbocycles. The second-order valence-electron chi connectivity index (χ2n) is 4.93. The number of carbonyl (C=O) groups excluding carboxylic acids is 1. The number of ketones is 1. The van der Waals surface area contributed by atoms with Crippen molar-refractivity contribution in [1.29, 1.82) is 0 Å². The van der Waals surface area contributed by atoms with Crippen LogP contribution in [0.4, 0.5) is 0 Å². The first-order chi connectivity index (χ1) is 11.5. The zero-order valence-electron chi connectivity index (χ0n) is 12.2. The molecule has 0 aliphatic rings. The molecular formula is C17H11Cl3N2O2. The molecular weight excluding hydrogens is 371 g/mol. The number of carbonyl (C=O) groups is 1. The second kappa shape index (κ2) is 7.26. The van der Waals surface area contributed by atoms with Gasteiger partial charge >= 0.3 is 0 Å². The van der Waals surface area contributed by atoms with Crippen LogP contribution in [0.5, 0.6) is 5.75 Å². The van der Waals surface area contributed by atoms with Crippen LogP contribution >= 0.6 is 34.8 Å². The van der Waals surface area contributed by atoms with Crippen LogP contribution in [0.25, 0.3) is 0 Å². The molecule has 2 aromatic carbocycles. The number of imidazole rings is 1. The highest BCUT2D eigenvalue weighted by atomic mass is 35.5. The molecule has 0 saturated heterocycles. The second-order valence-corrected chi connectivity index (χ2v) is 6.21. The van der Waals surface area contributed by atoms with Gasteiger partial charge in [0, 0.05) is 28.0 Å². The zero-order valence-corrected chi connectivity index (χ0v) is 14.5. The van der Waals surface area contributed by atoms with E-state index in [1.807, 2.05) is 0 Å². The maximum absolute atomic E-state index is 12.9. The molecule has 0 fully saturated rings. The lowest BCUT2D eigenvalue weighted by molar-refractivity contribution is 0.0654. The molecule has 0 saturated carbocycles. The third-order valence-electron chi connectivity index (χ3n) is 3.28. The molecule has 24 heavy (non-hydrogen) atoms. The quantitative estimate of drug-likeness (QED) is 0.563. The number of benzene rings is 2. The normalized spacial score (nSPS) is 12.0. The van der Waals surface area contributed by atoms with Crippen LogP contribution in [0.2, 0.25) is 15.1 Å². The van der Waals surface area contributed by atoms with Gasteiger partial charge in [-0.15, -0.1) is 0 Å². The van der Waals surface area contributed by atoms with Gasteiger partial charge in [-0.3, -0.25) is 9.36 Å². The van der Waals surface area contributed by atoms with Crippen LogP contribution in [0.15, 0.2) is 61.2 Å². The summed E-state index contributed by atoms with van der Waals surface area (Å²) in [7, 11) is 0. The Labute approximate surface area is 153 Å². The third-order valence-corrected chi connectivity index (χ3v) is 4.06. The Morgan fingerprint density at radius 3 is 2.38 bits per heavy atom. The Hall–Kier alpha value is -2.01. The van der Waals surface area contributed by atoms with Gasteiger partial charge in [0.2, 0.25) is 12.0 Å². The van der Waals surface area contributed by atoms with Crippen molar-refractivity contribution in [3.63, 3.8) is 0 Å². The molecule has 7 heteroatoms. The maximum Gasteiger partial charge on any atom is 0.241 e. The summed E-state index contributed by atoms with van der Waals surface area (Å²) in [4.78, 5) is 16.8. The van der Waals surface area contributed by atoms with Gasteiger partial charge in [0.1, 0.15) is 5.75 Å². The van der Waals surface area contributed by atoms with Crippen LogP contribution in [-0.2, 0) is 0 Å². The van der Waals surface area contributed by atoms with Gasteiger partial charge in [-0.05, 0) is 42.5 Å². The Bertz CT molecular complexity index is 849. The first kappa shape index (κ1) is 16.8. The Morgan fingerprint density at radius 1 is 1.04 bits per heavy atom. The van der Waals surface area contributed by atoms with E-state index in [-0.39, 0.29) is 5.78 Å². The van der Waals surface area contributed by atoms with Crippen molar-refractivity contribution in [2.45, 2.75) is 6.23 Å². The van der Waals surface area contributed by atoms with Gasteiger partial charge < -0.3 is 4.74 Å². The summed E-state index contributed by atoms with van der Waals surface area (Å²) in [6.45, 7) is 0. The van der Waals surface area contributed by atoms with Gasteiger partial charge in [0.15, 0.2) is 0 Å². The SMILES string of the molecule is O=C(c1ccc(Cl)cc1)C(Oc1ccc(Cl)cc1Cl)n1ccnc1. The number of hydrogen-bond acceptors (Lipinski definition) is 3. The minimum Gasteiger partial charge on any atom is -0.461 e. The summed E-state index contributed by atoms with van der Waals surface area (Å²) in [5.74, 6) is 0.0952. The van der Waals surface area contributed by atoms with E-state index >= 15 is 0 Å². The van der Waals surface area contributed by atoms with E-state index < -0.39 is 6.23 Å². The van der Waals surface area contributed by atoms with E-state index in [4.69, 9.17) is 39.5 Å². The monoisotopic (exact) mass is 380 g/mol. The number of ether oxygens (including phenoxy) is 1. The molecule has 122 valence electrons. The molecule has 0 N–H and O–H groups in total. The molecule has 1 unspecified atom stereocenters. The van der Waals surface area contributed by atoms with Gasteiger partial charge in [-0.2, -0.15) is 0 Å². The summed E-state index contributed by atoms with van der Waals surface area (Å²) in [6.07, 6.45) is 3.76. The minimum atomic E-state index is -0.952. The van der Waals surface area contributed by atoms with Crippen molar-refractivity contribution in [3.05, 3.63) is 81.8 Å². The van der Waals surface area contributed by atoms with Crippen LogP contribution in [-0.4, -0.2) is 15.3 Å². The number of hydrogen-bond donors (Lipinski definition) is 0. The van der Waals surface area contributed by atoms with Crippen LogP contribution in [0.1, 0.15) is 16.6 Å². The summed E-state index contributed by atoms with van der Waals surface area (Å²) >= 11 is 17.9. The summed E-state index contributed by atoms with van der Waals surface area (Å²) in [6, 6.07) is 11.4. The van der Waals surface area contributed by atoms with Gasteiger partial charge in [-0.1, -0.05) is 34.8 Å². The smallest absolute Gasteiger partial charge is 0.241 e. The summed E-state index contributed by atoms with van der Waals surface area (Å²) in [5, 5.41) is 1.35. The van der Waals surface area contributed by atoms with Crippen molar-refractivity contribution in [2.75, 3.05) is 0 Å². The highest BCUT2D eigenvalue weighted by molar-refractivity contribution is 6.35. The molecule has 0 aliphatic heterocycles. The van der Waals surface area contributed by atoms with Gasteiger partial charge in [0.25, 0.3) is 0 Å². The van der Waals surface area contributed by atoms with Gasteiger partial charge in [0.05, 0.1) is 11.3 Å².